The van der Waals surface area contributed by atoms with Crippen LogP contribution in [0.4, 0.5) is 5.69 Å². The predicted octanol–water partition coefficient (Wildman–Crippen LogP) is 3.68. The Morgan fingerprint density at radius 2 is 1.92 bits per heavy atom. The molecule has 1 heterocycles. The average molecular weight is 462 g/mol. The molecule has 0 unspecified atom stereocenters. The highest BCUT2D eigenvalue weighted by atomic mass is 127. The summed E-state index contributed by atoms with van der Waals surface area (Å²) in [5, 5.41) is 2.73. The summed E-state index contributed by atoms with van der Waals surface area (Å²) < 4.78 is 1.03. The maximum atomic E-state index is 13.0. The normalized spacial score (nSPS) is 16.3. The van der Waals surface area contributed by atoms with Crippen LogP contribution in [0.25, 0.3) is 6.08 Å². The number of carbonyl (C=O) groups excluding carboxylic acids is 2. The topological polar surface area (TPSA) is 49.4 Å². The molecule has 1 aliphatic rings. The highest BCUT2D eigenvalue weighted by Crippen LogP contribution is 2.26. The van der Waals surface area contributed by atoms with Crippen LogP contribution >= 0.6 is 34.8 Å². The number of hydrogen-bond acceptors (Lipinski definition) is 3. The quantitative estimate of drug-likeness (QED) is 0.328. The smallest absolute Gasteiger partial charge is 0.270 e. The van der Waals surface area contributed by atoms with E-state index in [9.17, 15) is 9.59 Å². The van der Waals surface area contributed by atoms with Gasteiger partial charge in [0.1, 0.15) is 5.57 Å². The van der Waals surface area contributed by atoms with Crippen LogP contribution in [0.1, 0.15) is 18.1 Å². The summed E-state index contributed by atoms with van der Waals surface area (Å²) in [6, 6.07) is 15.1. The van der Waals surface area contributed by atoms with E-state index in [1.165, 1.54) is 4.90 Å². The molecule has 6 heteroatoms. The van der Waals surface area contributed by atoms with Crippen molar-refractivity contribution in [2.24, 2.45) is 0 Å². The molecule has 0 bridgehead atoms. The summed E-state index contributed by atoms with van der Waals surface area (Å²) in [5.41, 5.74) is 2.56. The molecule has 1 saturated heterocycles. The number of aryl methyl sites for hydroxylation is 1. The molecule has 0 aliphatic carbocycles. The van der Waals surface area contributed by atoms with Gasteiger partial charge in [-0.15, -0.1) is 0 Å². The molecule has 1 aliphatic heterocycles. The number of para-hydroxylation sites is 1. The van der Waals surface area contributed by atoms with Gasteiger partial charge in [-0.2, -0.15) is 0 Å². The summed E-state index contributed by atoms with van der Waals surface area (Å²) in [6.07, 6.45) is 2.36. The van der Waals surface area contributed by atoms with Crippen LogP contribution in [-0.4, -0.2) is 16.9 Å². The van der Waals surface area contributed by atoms with E-state index in [4.69, 9.17) is 12.2 Å². The first-order chi connectivity index (χ1) is 12.0. The van der Waals surface area contributed by atoms with Gasteiger partial charge < -0.3 is 0 Å². The molecule has 2 aromatic carbocycles. The number of carbonyl (C=O) groups is 2. The molecule has 2 aromatic rings. The average Bonchev–Trinajstić information content (AvgIpc) is 2.59. The summed E-state index contributed by atoms with van der Waals surface area (Å²) in [4.78, 5) is 26.7. The zero-order chi connectivity index (χ0) is 18.0. The Balaban J connectivity index is 2.06. The maximum absolute atomic E-state index is 13.0. The van der Waals surface area contributed by atoms with Gasteiger partial charge in [0, 0.05) is 3.57 Å². The van der Waals surface area contributed by atoms with Crippen LogP contribution < -0.4 is 10.2 Å². The highest BCUT2D eigenvalue weighted by molar-refractivity contribution is 14.1. The minimum Gasteiger partial charge on any atom is -0.298 e. The highest BCUT2D eigenvalue weighted by Gasteiger charge is 2.35. The summed E-state index contributed by atoms with van der Waals surface area (Å²) in [7, 11) is 0. The minimum absolute atomic E-state index is 0.0708. The van der Waals surface area contributed by atoms with Crippen molar-refractivity contribution in [1.82, 2.24) is 5.32 Å². The third kappa shape index (κ3) is 3.64. The predicted molar refractivity (Wildman–Crippen MR) is 111 cm³/mol. The van der Waals surface area contributed by atoms with Gasteiger partial charge in [0.2, 0.25) is 0 Å². The molecule has 0 aromatic heterocycles. The molecule has 0 atom stereocenters. The fourth-order valence-electron chi connectivity index (χ4n) is 2.67. The third-order valence-electron chi connectivity index (χ3n) is 3.87. The van der Waals surface area contributed by atoms with Crippen LogP contribution in [0.3, 0.4) is 0 Å². The van der Waals surface area contributed by atoms with Gasteiger partial charge in [-0.25, -0.2) is 0 Å². The van der Waals surface area contributed by atoms with Crippen molar-refractivity contribution < 1.29 is 9.59 Å². The first-order valence-corrected chi connectivity index (χ1v) is 9.25. The van der Waals surface area contributed by atoms with E-state index in [1.807, 2.05) is 55.5 Å². The van der Waals surface area contributed by atoms with Crippen LogP contribution in [-0.2, 0) is 16.0 Å². The molecule has 0 radical (unpaired) electrons. The van der Waals surface area contributed by atoms with Crippen molar-refractivity contribution in [1.29, 1.82) is 0 Å². The van der Waals surface area contributed by atoms with Crippen LogP contribution in [0.5, 0.6) is 0 Å². The number of anilines is 1. The molecule has 0 saturated carbocycles. The number of amides is 2. The van der Waals surface area contributed by atoms with Gasteiger partial charge in [0.15, 0.2) is 5.11 Å². The Bertz CT molecular complexity index is 908. The molecule has 25 heavy (non-hydrogen) atoms. The summed E-state index contributed by atoms with van der Waals surface area (Å²) in [5.74, 6) is -0.882. The summed E-state index contributed by atoms with van der Waals surface area (Å²) >= 11 is 7.44. The standard InChI is InChI=1S/C19H15IN2O2S/c1-2-13-7-3-4-9-16(13)22-18(24)15(17(23)21-19(22)25)11-12-6-5-8-14(20)10-12/h3-11H,2H2,1H3,(H,21,23,25). The van der Waals surface area contributed by atoms with Crippen LogP contribution in [0, 0.1) is 3.57 Å². The Hall–Kier alpha value is -2.06. The van der Waals surface area contributed by atoms with Gasteiger partial charge in [0.05, 0.1) is 5.69 Å². The minimum atomic E-state index is -0.473. The van der Waals surface area contributed by atoms with Gasteiger partial charge in [-0.1, -0.05) is 37.3 Å². The molecule has 1 fully saturated rings. The molecule has 126 valence electrons. The zero-order valence-electron chi connectivity index (χ0n) is 13.5. The lowest BCUT2D eigenvalue weighted by Gasteiger charge is -2.30. The Labute approximate surface area is 165 Å². The first-order valence-electron chi connectivity index (χ1n) is 7.76. The number of nitrogens with one attached hydrogen (secondary N) is 1. The number of nitrogens with zero attached hydrogens (tertiary/aromatic N) is 1. The van der Waals surface area contributed by atoms with Crippen molar-refractivity contribution in [3.8, 4) is 0 Å². The number of benzene rings is 2. The fourth-order valence-corrected chi connectivity index (χ4v) is 3.51. The number of hydrogen-bond donors (Lipinski definition) is 1. The molecular formula is C19H15IN2O2S. The molecule has 3 rings (SSSR count). The SMILES string of the molecule is CCc1ccccc1N1C(=O)C(=Cc2cccc(I)c2)C(=O)NC1=S. The second kappa shape index (κ2) is 7.45. The lowest BCUT2D eigenvalue weighted by Crippen LogP contribution is -2.54. The molecule has 4 nitrogen and oxygen atoms in total. The van der Waals surface area contributed by atoms with Crippen molar-refractivity contribution in [2.75, 3.05) is 4.90 Å². The Kier molecular flexibility index (Phi) is 5.29. The van der Waals surface area contributed by atoms with E-state index in [0.717, 1.165) is 21.1 Å². The van der Waals surface area contributed by atoms with Gasteiger partial charge in [-0.3, -0.25) is 19.8 Å². The number of rotatable bonds is 3. The lowest BCUT2D eigenvalue weighted by atomic mass is 10.0. The Morgan fingerprint density at radius 1 is 1.16 bits per heavy atom. The van der Waals surface area contributed by atoms with Gasteiger partial charge >= 0.3 is 0 Å². The van der Waals surface area contributed by atoms with Crippen molar-refractivity contribution in [3.63, 3.8) is 0 Å². The summed E-state index contributed by atoms with van der Waals surface area (Å²) in [6.45, 7) is 2.01. The van der Waals surface area contributed by atoms with Gasteiger partial charge in [0.25, 0.3) is 11.8 Å². The molecule has 2 amide bonds. The molecular weight excluding hydrogens is 447 g/mol. The first kappa shape index (κ1) is 17.8. The second-order valence-electron chi connectivity index (χ2n) is 5.50. The largest absolute Gasteiger partial charge is 0.298 e. The van der Waals surface area contributed by atoms with E-state index in [-0.39, 0.29) is 10.7 Å². The van der Waals surface area contributed by atoms with E-state index in [0.29, 0.717) is 5.69 Å². The maximum Gasteiger partial charge on any atom is 0.270 e. The third-order valence-corrected chi connectivity index (χ3v) is 4.83. The van der Waals surface area contributed by atoms with Crippen molar-refractivity contribution in [3.05, 3.63) is 68.8 Å². The van der Waals surface area contributed by atoms with Crippen molar-refractivity contribution >= 4 is 63.5 Å². The van der Waals surface area contributed by atoms with Gasteiger partial charge in [-0.05, 0) is 76.6 Å². The monoisotopic (exact) mass is 462 g/mol. The number of thiocarbonyl (C=S) groups is 1. The lowest BCUT2D eigenvalue weighted by molar-refractivity contribution is -0.122. The molecule has 0 spiro atoms. The van der Waals surface area contributed by atoms with E-state index < -0.39 is 11.8 Å². The second-order valence-corrected chi connectivity index (χ2v) is 7.13. The number of halogens is 1. The van der Waals surface area contributed by atoms with E-state index in [1.54, 1.807) is 6.08 Å². The van der Waals surface area contributed by atoms with Crippen LogP contribution in [0.2, 0.25) is 0 Å². The zero-order valence-corrected chi connectivity index (χ0v) is 16.4. The van der Waals surface area contributed by atoms with E-state index >= 15 is 0 Å². The fraction of sp³-hybridized carbons (Fsp3) is 0.105. The Morgan fingerprint density at radius 3 is 2.64 bits per heavy atom. The van der Waals surface area contributed by atoms with Crippen molar-refractivity contribution in [2.45, 2.75) is 13.3 Å². The molecule has 1 N–H and O–H groups in total. The van der Waals surface area contributed by atoms with E-state index in [2.05, 4.69) is 27.9 Å². The van der Waals surface area contributed by atoms with Crippen LogP contribution in [0.15, 0.2) is 54.1 Å².